The van der Waals surface area contributed by atoms with Gasteiger partial charge in [-0.2, -0.15) is 0 Å². The van der Waals surface area contributed by atoms with Crippen molar-refractivity contribution >= 4 is 23.4 Å². The molecule has 0 radical (unpaired) electrons. The van der Waals surface area contributed by atoms with Crippen LogP contribution < -0.4 is 0 Å². The van der Waals surface area contributed by atoms with Crippen molar-refractivity contribution in [3.8, 4) is 5.75 Å². The Labute approximate surface area is 170 Å². The number of rotatable bonds is 4. The fourth-order valence-electron chi connectivity index (χ4n) is 3.68. The Hall–Kier alpha value is -2.53. The van der Waals surface area contributed by atoms with Gasteiger partial charge in [-0.05, 0) is 41.8 Å². The van der Waals surface area contributed by atoms with Crippen molar-refractivity contribution in [3.05, 3.63) is 64.7 Å². The summed E-state index contributed by atoms with van der Waals surface area (Å²) in [5.41, 5.74) is 1.81. The van der Waals surface area contributed by atoms with Crippen molar-refractivity contribution < 1.29 is 14.7 Å². The first kappa shape index (κ1) is 20.2. The SMILES string of the molecule is CC(=O)N1CCCN(C(=O)C[C@@H](c2cccc(O)c2)c2cccc(Cl)c2)CC1. The largest absolute Gasteiger partial charge is 0.508 e. The number of hydrogen-bond acceptors (Lipinski definition) is 3. The number of halogens is 1. The van der Waals surface area contributed by atoms with Gasteiger partial charge < -0.3 is 14.9 Å². The number of amides is 2. The van der Waals surface area contributed by atoms with Crippen molar-refractivity contribution in [1.29, 1.82) is 0 Å². The molecule has 1 heterocycles. The zero-order chi connectivity index (χ0) is 20.1. The molecule has 6 heteroatoms. The average Bonchev–Trinajstić information content (AvgIpc) is 2.92. The number of carbonyl (C=O) groups excluding carboxylic acids is 2. The van der Waals surface area contributed by atoms with E-state index in [-0.39, 0.29) is 29.9 Å². The van der Waals surface area contributed by atoms with Gasteiger partial charge in [0.1, 0.15) is 5.75 Å². The predicted octanol–water partition coefficient (Wildman–Crippen LogP) is 3.65. The molecule has 1 N–H and O–H groups in total. The molecular weight excluding hydrogens is 376 g/mol. The maximum absolute atomic E-state index is 13.1. The molecule has 0 saturated carbocycles. The van der Waals surface area contributed by atoms with E-state index >= 15 is 0 Å². The molecule has 5 nitrogen and oxygen atoms in total. The van der Waals surface area contributed by atoms with Crippen LogP contribution in [-0.4, -0.2) is 52.9 Å². The number of aromatic hydroxyl groups is 1. The van der Waals surface area contributed by atoms with E-state index in [1.807, 2.05) is 29.2 Å². The van der Waals surface area contributed by atoms with Crippen LogP contribution in [0.1, 0.15) is 36.8 Å². The summed E-state index contributed by atoms with van der Waals surface area (Å²) < 4.78 is 0. The molecule has 0 unspecified atom stereocenters. The van der Waals surface area contributed by atoms with E-state index in [4.69, 9.17) is 11.6 Å². The van der Waals surface area contributed by atoms with E-state index in [2.05, 4.69) is 0 Å². The summed E-state index contributed by atoms with van der Waals surface area (Å²) >= 11 is 6.18. The molecule has 0 aromatic heterocycles. The lowest BCUT2D eigenvalue weighted by atomic mass is 9.88. The number of nitrogens with zero attached hydrogens (tertiary/aromatic N) is 2. The van der Waals surface area contributed by atoms with Crippen molar-refractivity contribution in [3.63, 3.8) is 0 Å². The average molecular weight is 401 g/mol. The predicted molar refractivity (Wildman–Crippen MR) is 109 cm³/mol. The van der Waals surface area contributed by atoms with Crippen LogP contribution in [0, 0.1) is 0 Å². The molecule has 1 atom stereocenters. The highest BCUT2D eigenvalue weighted by Crippen LogP contribution is 2.32. The first-order valence-corrected chi connectivity index (χ1v) is 9.89. The molecule has 3 rings (SSSR count). The standard InChI is InChI=1S/C22H25ClN2O3/c1-16(26)24-9-4-10-25(12-11-24)22(28)15-21(17-5-2-7-19(23)13-17)18-6-3-8-20(27)14-18/h2-3,5-8,13-14,21,27H,4,9-12,15H2,1H3/t21-/m1/s1. The van der Waals surface area contributed by atoms with Crippen LogP contribution >= 0.6 is 11.6 Å². The first-order chi connectivity index (χ1) is 13.4. The number of phenolic OH excluding ortho intramolecular Hbond substituents is 1. The van der Waals surface area contributed by atoms with Crippen LogP contribution in [0.5, 0.6) is 5.75 Å². The molecule has 148 valence electrons. The fraction of sp³-hybridized carbons (Fsp3) is 0.364. The van der Waals surface area contributed by atoms with E-state index in [1.165, 1.54) is 0 Å². The summed E-state index contributed by atoms with van der Waals surface area (Å²) in [5.74, 6) is 0.0545. The van der Waals surface area contributed by atoms with Gasteiger partial charge in [0.2, 0.25) is 11.8 Å². The molecule has 2 aromatic carbocycles. The van der Waals surface area contributed by atoms with Gasteiger partial charge in [-0.25, -0.2) is 0 Å². The van der Waals surface area contributed by atoms with E-state index < -0.39 is 0 Å². The molecular formula is C22H25ClN2O3. The topological polar surface area (TPSA) is 60.9 Å². The number of benzene rings is 2. The second kappa shape index (κ2) is 9.11. The highest BCUT2D eigenvalue weighted by Gasteiger charge is 2.25. The van der Waals surface area contributed by atoms with Crippen molar-refractivity contribution in [2.75, 3.05) is 26.2 Å². The second-order valence-corrected chi connectivity index (χ2v) is 7.58. The van der Waals surface area contributed by atoms with Gasteiger partial charge in [0.25, 0.3) is 0 Å². The summed E-state index contributed by atoms with van der Waals surface area (Å²) in [6.45, 7) is 4.00. The van der Waals surface area contributed by atoms with Gasteiger partial charge in [0.05, 0.1) is 0 Å². The Morgan fingerprint density at radius 3 is 2.32 bits per heavy atom. The smallest absolute Gasteiger partial charge is 0.223 e. The molecule has 0 bridgehead atoms. The van der Waals surface area contributed by atoms with Crippen LogP contribution in [0.3, 0.4) is 0 Å². The van der Waals surface area contributed by atoms with Crippen molar-refractivity contribution in [1.82, 2.24) is 9.80 Å². The third-order valence-electron chi connectivity index (χ3n) is 5.20. The molecule has 0 spiro atoms. The zero-order valence-electron chi connectivity index (χ0n) is 16.0. The highest BCUT2D eigenvalue weighted by atomic mass is 35.5. The molecule has 1 aliphatic rings. The zero-order valence-corrected chi connectivity index (χ0v) is 16.7. The van der Waals surface area contributed by atoms with Crippen LogP contribution in [0.15, 0.2) is 48.5 Å². The summed E-state index contributed by atoms with van der Waals surface area (Å²) in [5, 5.41) is 10.5. The quantitative estimate of drug-likeness (QED) is 0.852. The Morgan fingerprint density at radius 2 is 1.64 bits per heavy atom. The minimum absolute atomic E-state index is 0.0405. The van der Waals surface area contributed by atoms with E-state index in [9.17, 15) is 14.7 Å². The maximum atomic E-state index is 13.1. The molecule has 1 saturated heterocycles. The Balaban J connectivity index is 1.81. The Morgan fingerprint density at radius 1 is 1.00 bits per heavy atom. The molecule has 1 aliphatic heterocycles. The van der Waals surface area contributed by atoms with Gasteiger partial charge >= 0.3 is 0 Å². The van der Waals surface area contributed by atoms with Gasteiger partial charge in [0, 0.05) is 50.5 Å². The highest BCUT2D eigenvalue weighted by molar-refractivity contribution is 6.30. The summed E-state index contributed by atoms with van der Waals surface area (Å²) in [7, 11) is 0. The number of phenols is 1. The number of carbonyl (C=O) groups is 2. The first-order valence-electron chi connectivity index (χ1n) is 9.51. The Kier molecular flexibility index (Phi) is 6.57. The maximum Gasteiger partial charge on any atom is 0.223 e. The fourth-order valence-corrected chi connectivity index (χ4v) is 3.88. The third kappa shape index (κ3) is 5.04. The Bertz CT molecular complexity index is 810. The normalized spacial score (nSPS) is 15.8. The second-order valence-electron chi connectivity index (χ2n) is 7.15. The van der Waals surface area contributed by atoms with Crippen molar-refractivity contribution in [2.24, 2.45) is 0 Å². The summed E-state index contributed by atoms with van der Waals surface area (Å²) in [6, 6.07) is 14.5. The van der Waals surface area contributed by atoms with Crippen molar-refractivity contribution in [2.45, 2.75) is 25.7 Å². The van der Waals surface area contributed by atoms with E-state index in [0.29, 0.717) is 31.2 Å². The lowest BCUT2D eigenvalue weighted by molar-refractivity contribution is -0.132. The molecule has 2 amide bonds. The molecule has 2 aromatic rings. The summed E-state index contributed by atoms with van der Waals surface area (Å²) in [6.07, 6.45) is 1.06. The summed E-state index contributed by atoms with van der Waals surface area (Å²) in [4.78, 5) is 28.3. The third-order valence-corrected chi connectivity index (χ3v) is 5.43. The molecule has 0 aliphatic carbocycles. The van der Waals surface area contributed by atoms with Gasteiger partial charge in [-0.1, -0.05) is 35.9 Å². The van der Waals surface area contributed by atoms with E-state index in [1.54, 1.807) is 36.1 Å². The molecule has 28 heavy (non-hydrogen) atoms. The number of hydrogen-bond donors (Lipinski definition) is 1. The lowest BCUT2D eigenvalue weighted by Gasteiger charge is -2.25. The van der Waals surface area contributed by atoms with Gasteiger partial charge in [0.15, 0.2) is 0 Å². The van der Waals surface area contributed by atoms with Gasteiger partial charge in [-0.15, -0.1) is 0 Å². The van der Waals surface area contributed by atoms with Gasteiger partial charge in [-0.3, -0.25) is 9.59 Å². The van der Waals surface area contributed by atoms with Crippen LogP contribution in [0.4, 0.5) is 0 Å². The minimum Gasteiger partial charge on any atom is -0.508 e. The van der Waals surface area contributed by atoms with Crippen LogP contribution in [0.2, 0.25) is 5.02 Å². The monoisotopic (exact) mass is 400 g/mol. The molecule has 1 fully saturated rings. The van der Waals surface area contributed by atoms with Crippen LogP contribution in [-0.2, 0) is 9.59 Å². The van der Waals surface area contributed by atoms with Crippen LogP contribution in [0.25, 0.3) is 0 Å². The lowest BCUT2D eigenvalue weighted by Crippen LogP contribution is -2.37. The minimum atomic E-state index is -0.203. The van der Waals surface area contributed by atoms with E-state index in [0.717, 1.165) is 17.5 Å².